The Morgan fingerprint density at radius 2 is 1.60 bits per heavy atom. The summed E-state index contributed by atoms with van der Waals surface area (Å²) < 4.78 is 0. The Kier molecular flexibility index (Phi) is 7.57. The highest BCUT2D eigenvalue weighted by molar-refractivity contribution is 6.09. The van der Waals surface area contributed by atoms with E-state index < -0.39 is 0 Å². The van der Waals surface area contributed by atoms with E-state index in [-0.39, 0.29) is 11.4 Å². The first kappa shape index (κ1) is 21.5. The van der Waals surface area contributed by atoms with Gasteiger partial charge in [-0.15, -0.1) is 0 Å². The molecule has 1 unspecified atom stereocenters. The number of hydrogen-bond acceptors (Lipinski definition) is 2. The quantitative estimate of drug-likeness (QED) is 0.281. The van der Waals surface area contributed by atoms with Crippen LogP contribution in [0.25, 0.3) is 16.3 Å². The van der Waals surface area contributed by atoms with Crippen molar-refractivity contribution in [2.24, 2.45) is 5.92 Å². The maximum Gasteiger partial charge on any atom is 0.174 e. The van der Waals surface area contributed by atoms with Crippen LogP contribution in [-0.2, 0) is 4.79 Å². The molecule has 0 radical (unpaired) electrons. The zero-order valence-corrected chi connectivity index (χ0v) is 17.9. The standard InChI is InChI=1S/C28H29NO/c1-3-5-11-21(4-2)18-27(30)26(20-29)28(23-13-7-6-8-14-23)25-17-16-22-12-9-10-15-24(22)19-25/h6-10,12-17,19,21H,3-5,11,18H2,1-2H3/b28-26+. The second kappa shape index (κ2) is 10.6. The first-order valence-corrected chi connectivity index (χ1v) is 10.9. The lowest BCUT2D eigenvalue weighted by Gasteiger charge is -2.16. The summed E-state index contributed by atoms with van der Waals surface area (Å²) in [5.41, 5.74) is 2.82. The lowest BCUT2D eigenvalue weighted by atomic mass is 9.86. The predicted molar refractivity (Wildman–Crippen MR) is 125 cm³/mol. The number of Topliss-reactive ketones (excluding diaryl/α,β-unsaturated/α-hetero) is 1. The lowest BCUT2D eigenvalue weighted by molar-refractivity contribution is -0.116. The number of fused-ring (bicyclic) bond motifs is 1. The van der Waals surface area contributed by atoms with E-state index in [0.29, 0.717) is 12.3 Å². The monoisotopic (exact) mass is 395 g/mol. The minimum absolute atomic E-state index is 0.0486. The number of benzene rings is 3. The number of carbonyl (C=O) groups excluding carboxylic acids is 1. The maximum atomic E-state index is 13.3. The first-order chi connectivity index (χ1) is 14.7. The van der Waals surface area contributed by atoms with E-state index in [1.54, 1.807) is 0 Å². The molecule has 0 spiro atoms. The molecule has 0 N–H and O–H groups in total. The molecule has 0 bridgehead atoms. The van der Waals surface area contributed by atoms with E-state index in [0.717, 1.165) is 53.2 Å². The predicted octanol–water partition coefficient (Wildman–Crippen LogP) is 7.34. The van der Waals surface area contributed by atoms with Crippen molar-refractivity contribution in [3.05, 3.63) is 89.5 Å². The topological polar surface area (TPSA) is 40.9 Å². The van der Waals surface area contributed by atoms with Crippen LogP contribution in [0.3, 0.4) is 0 Å². The molecule has 30 heavy (non-hydrogen) atoms. The number of ketones is 1. The summed E-state index contributed by atoms with van der Waals surface area (Å²) in [5.74, 6) is 0.280. The smallest absolute Gasteiger partial charge is 0.174 e. The van der Waals surface area contributed by atoms with Gasteiger partial charge in [0.05, 0.1) is 0 Å². The molecule has 0 heterocycles. The number of nitrogens with zero attached hydrogens (tertiary/aromatic N) is 1. The fourth-order valence-electron chi connectivity index (χ4n) is 3.97. The number of unbranched alkanes of at least 4 members (excludes halogenated alkanes) is 1. The van der Waals surface area contributed by atoms with Crippen LogP contribution < -0.4 is 0 Å². The highest BCUT2D eigenvalue weighted by Gasteiger charge is 2.21. The molecule has 0 saturated heterocycles. The summed E-state index contributed by atoms with van der Waals surface area (Å²) in [6.45, 7) is 4.30. The van der Waals surface area contributed by atoms with E-state index in [1.165, 1.54) is 0 Å². The number of rotatable bonds is 9. The molecule has 0 aliphatic heterocycles. The highest BCUT2D eigenvalue weighted by Crippen LogP contribution is 2.31. The van der Waals surface area contributed by atoms with Gasteiger partial charge in [-0.05, 0) is 33.9 Å². The van der Waals surface area contributed by atoms with E-state index in [2.05, 4.69) is 44.2 Å². The van der Waals surface area contributed by atoms with E-state index in [9.17, 15) is 10.1 Å². The molecule has 1 atom stereocenters. The fraction of sp³-hybridized carbons (Fsp3) is 0.286. The van der Waals surface area contributed by atoms with Gasteiger partial charge in [-0.2, -0.15) is 5.26 Å². The molecular formula is C28H29NO. The van der Waals surface area contributed by atoms with Crippen LogP contribution in [0.4, 0.5) is 0 Å². The molecule has 3 aromatic rings. The van der Waals surface area contributed by atoms with E-state index >= 15 is 0 Å². The summed E-state index contributed by atoms with van der Waals surface area (Å²) >= 11 is 0. The van der Waals surface area contributed by atoms with Crippen molar-refractivity contribution in [2.45, 2.75) is 46.0 Å². The minimum Gasteiger partial charge on any atom is -0.293 e. The summed E-state index contributed by atoms with van der Waals surface area (Å²) in [5, 5.41) is 12.3. The Balaban J connectivity index is 2.10. The second-order valence-corrected chi connectivity index (χ2v) is 7.83. The van der Waals surface area contributed by atoms with Crippen molar-refractivity contribution < 1.29 is 4.79 Å². The summed E-state index contributed by atoms with van der Waals surface area (Å²) in [7, 11) is 0. The van der Waals surface area contributed by atoms with Gasteiger partial charge in [0.25, 0.3) is 0 Å². The maximum absolute atomic E-state index is 13.3. The number of hydrogen-bond donors (Lipinski definition) is 0. The molecule has 0 fully saturated rings. The summed E-state index contributed by atoms with van der Waals surface area (Å²) in [4.78, 5) is 13.3. The van der Waals surface area contributed by atoms with Crippen molar-refractivity contribution in [1.82, 2.24) is 0 Å². The van der Waals surface area contributed by atoms with Gasteiger partial charge in [0.15, 0.2) is 5.78 Å². The highest BCUT2D eigenvalue weighted by atomic mass is 16.1. The molecule has 0 aliphatic carbocycles. The molecule has 152 valence electrons. The number of allylic oxidation sites excluding steroid dienone is 1. The number of nitriles is 1. The van der Waals surface area contributed by atoms with Gasteiger partial charge in [-0.3, -0.25) is 4.79 Å². The van der Waals surface area contributed by atoms with Crippen LogP contribution in [0.5, 0.6) is 0 Å². The van der Waals surface area contributed by atoms with Crippen LogP contribution in [-0.4, -0.2) is 5.78 Å². The molecule has 3 aromatic carbocycles. The van der Waals surface area contributed by atoms with Crippen LogP contribution in [0, 0.1) is 17.2 Å². The third-order valence-corrected chi connectivity index (χ3v) is 5.76. The lowest BCUT2D eigenvalue weighted by Crippen LogP contribution is -2.12. The van der Waals surface area contributed by atoms with Crippen molar-refractivity contribution in [1.29, 1.82) is 5.26 Å². The van der Waals surface area contributed by atoms with Crippen LogP contribution in [0.1, 0.15) is 57.1 Å². The van der Waals surface area contributed by atoms with Crippen LogP contribution >= 0.6 is 0 Å². The molecule has 2 heteroatoms. The van der Waals surface area contributed by atoms with Gasteiger partial charge < -0.3 is 0 Å². The molecule has 0 aromatic heterocycles. The Morgan fingerprint density at radius 3 is 2.27 bits per heavy atom. The molecule has 0 saturated carbocycles. The van der Waals surface area contributed by atoms with Crippen molar-refractivity contribution in [2.75, 3.05) is 0 Å². The van der Waals surface area contributed by atoms with E-state index in [1.807, 2.05) is 48.5 Å². The Hall–Kier alpha value is -3.18. The third-order valence-electron chi connectivity index (χ3n) is 5.76. The van der Waals surface area contributed by atoms with Crippen LogP contribution in [0.15, 0.2) is 78.4 Å². The van der Waals surface area contributed by atoms with Gasteiger partial charge in [-0.1, -0.05) is 106 Å². The average Bonchev–Trinajstić information content (AvgIpc) is 2.80. The van der Waals surface area contributed by atoms with Gasteiger partial charge >= 0.3 is 0 Å². The zero-order chi connectivity index (χ0) is 21.3. The zero-order valence-electron chi connectivity index (χ0n) is 17.9. The summed E-state index contributed by atoms with van der Waals surface area (Å²) in [6.07, 6.45) is 4.67. The Bertz CT molecular complexity index is 1070. The molecule has 2 nitrogen and oxygen atoms in total. The second-order valence-electron chi connectivity index (χ2n) is 7.83. The number of carbonyl (C=O) groups is 1. The van der Waals surface area contributed by atoms with Crippen molar-refractivity contribution in [3.63, 3.8) is 0 Å². The van der Waals surface area contributed by atoms with Crippen molar-refractivity contribution >= 4 is 22.1 Å². The average molecular weight is 396 g/mol. The molecule has 0 aliphatic rings. The Labute approximate surface area is 179 Å². The molecule has 0 amide bonds. The van der Waals surface area contributed by atoms with E-state index in [4.69, 9.17) is 0 Å². The minimum atomic E-state index is -0.0486. The molecule has 3 rings (SSSR count). The third kappa shape index (κ3) is 5.05. The van der Waals surface area contributed by atoms with Crippen molar-refractivity contribution in [3.8, 4) is 6.07 Å². The normalized spacial score (nSPS) is 12.8. The molecular weight excluding hydrogens is 366 g/mol. The van der Waals surface area contributed by atoms with Gasteiger partial charge in [0, 0.05) is 12.0 Å². The van der Waals surface area contributed by atoms with Gasteiger partial charge in [0.1, 0.15) is 11.6 Å². The fourth-order valence-corrected chi connectivity index (χ4v) is 3.97. The Morgan fingerprint density at radius 1 is 0.900 bits per heavy atom. The largest absolute Gasteiger partial charge is 0.293 e. The van der Waals surface area contributed by atoms with Crippen LogP contribution in [0.2, 0.25) is 0 Å². The SMILES string of the molecule is CCCCC(CC)CC(=O)/C(C#N)=C(\c1ccccc1)c1ccc2ccccc2c1. The van der Waals surface area contributed by atoms with Gasteiger partial charge in [0.2, 0.25) is 0 Å². The van der Waals surface area contributed by atoms with Gasteiger partial charge in [-0.25, -0.2) is 0 Å². The first-order valence-electron chi connectivity index (χ1n) is 10.9. The summed E-state index contributed by atoms with van der Waals surface area (Å²) in [6, 6.07) is 26.4.